The summed E-state index contributed by atoms with van der Waals surface area (Å²) in [6.45, 7) is 3.69. The molecule has 2 N–H and O–H groups in total. The molecule has 8 heteroatoms. The first-order valence-electron chi connectivity index (χ1n) is 6.87. The maximum Gasteiger partial charge on any atom is 0.412 e. The van der Waals surface area contributed by atoms with Crippen molar-refractivity contribution in [2.75, 3.05) is 5.32 Å². The summed E-state index contributed by atoms with van der Waals surface area (Å²) >= 11 is 17.5. The lowest BCUT2D eigenvalue weighted by atomic mass is 10.0. The van der Waals surface area contributed by atoms with E-state index in [-0.39, 0.29) is 11.3 Å². The number of carbonyl (C=O) groups is 2. The number of amides is 1. The molecule has 0 aromatic heterocycles. The zero-order valence-electron chi connectivity index (χ0n) is 12.6. The van der Waals surface area contributed by atoms with Gasteiger partial charge in [-0.05, 0) is 35.9 Å². The number of carbonyl (C=O) groups excluding carboxylic acids is 1. The molecule has 0 aliphatic carbocycles. The zero-order valence-corrected chi connectivity index (χ0v) is 14.9. The van der Waals surface area contributed by atoms with Crippen LogP contribution in [0.3, 0.4) is 0 Å². The lowest BCUT2D eigenvalue weighted by Crippen LogP contribution is -2.30. The lowest BCUT2D eigenvalue weighted by Gasteiger charge is -2.17. The molecule has 1 atom stereocenters. The van der Waals surface area contributed by atoms with Crippen LogP contribution in [0.25, 0.3) is 5.57 Å². The highest BCUT2D eigenvalue weighted by Gasteiger charge is 2.26. The van der Waals surface area contributed by atoms with E-state index in [1.54, 1.807) is 24.3 Å². The van der Waals surface area contributed by atoms with Crippen molar-refractivity contribution in [1.29, 1.82) is 0 Å². The number of carboxylic acid groups (broad SMARTS) is 1. The standard InChI is InChI=1S/C17H12Cl3NO4/c1-9(10-2-4-11(18)5-3-10)15(16(22)23)25-17(24)21-14-7-12(19)6-13(20)8-14/h2-8,15H,1H2,(H,21,24)(H,22,23). The molecule has 0 heterocycles. The zero-order chi connectivity index (χ0) is 18.6. The SMILES string of the molecule is C=C(c1ccc(Cl)cc1)C(OC(=O)Nc1cc(Cl)cc(Cl)c1)C(=O)O. The van der Waals surface area contributed by atoms with Crippen molar-refractivity contribution in [3.05, 3.63) is 69.7 Å². The van der Waals surface area contributed by atoms with Crippen LogP contribution in [-0.2, 0) is 9.53 Å². The second-order valence-electron chi connectivity index (χ2n) is 4.94. The number of hydrogen-bond acceptors (Lipinski definition) is 3. The monoisotopic (exact) mass is 399 g/mol. The van der Waals surface area contributed by atoms with Gasteiger partial charge in [-0.15, -0.1) is 0 Å². The molecule has 0 radical (unpaired) electrons. The van der Waals surface area contributed by atoms with Gasteiger partial charge in [0.1, 0.15) is 0 Å². The summed E-state index contributed by atoms with van der Waals surface area (Å²) < 4.78 is 4.97. The molecule has 2 aromatic rings. The van der Waals surface area contributed by atoms with Gasteiger partial charge >= 0.3 is 12.1 Å². The Kier molecular flexibility index (Phi) is 6.31. The maximum atomic E-state index is 12.0. The van der Waals surface area contributed by atoms with E-state index in [1.807, 2.05) is 0 Å². The Labute approximate surface area is 158 Å². The molecule has 5 nitrogen and oxygen atoms in total. The van der Waals surface area contributed by atoms with Gasteiger partial charge < -0.3 is 9.84 Å². The highest BCUT2D eigenvalue weighted by molar-refractivity contribution is 6.35. The molecule has 2 aromatic carbocycles. The number of hydrogen-bond donors (Lipinski definition) is 2. The van der Waals surface area contributed by atoms with Crippen molar-refractivity contribution in [2.45, 2.75) is 6.10 Å². The molecular formula is C17H12Cl3NO4. The van der Waals surface area contributed by atoms with Crippen molar-refractivity contribution in [3.8, 4) is 0 Å². The first kappa shape index (κ1) is 19.1. The summed E-state index contributed by atoms with van der Waals surface area (Å²) in [5.41, 5.74) is 0.850. The molecule has 130 valence electrons. The van der Waals surface area contributed by atoms with E-state index in [9.17, 15) is 14.7 Å². The molecule has 0 aliphatic rings. The van der Waals surface area contributed by atoms with Crippen molar-refractivity contribution in [1.82, 2.24) is 0 Å². The number of rotatable bonds is 5. The minimum absolute atomic E-state index is 0.100. The predicted octanol–water partition coefficient (Wildman–Crippen LogP) is 5.36. The molecule has 25 heavy (non-hydrogen) atoms. The van der Waals surface area contributed by atoms with Gasteiger partial charge in [-0.1, -0.05) is 53.5 Å². The number of aliphatic carboxylic acids is 1. The van der Waals surface area contributed by atoms with Crippen molar-refractivity contribution in [2.24, 2.45) is 0 Å². The molecule has 1 amide bonds. The minimum Gasteiger partial charge on any atom is -0.478 e. The van der Waals surface area contributed by atoms with Gasteiger partial charge in [-0.25, -0.2) is 9.59 Å². The van der Waals surface area contributed by atoms with Crippen molar-refractivity contribution in [3.63, 3.8) is 0 Å². The smallest absolute Gasteiger partial charge is 0.412 e. The molecule has 2 rings (SSSR count). The average Bonchev–Trinajstić information content (AvgIpc) is 2.51. The van der Waals surface area contributed by atoms with Crippen LogP contribution in [0.4, 0.5) is 10.5 Å². The van der Waals surface area contributed by atoms with E-state index in [0.29, 0.717) is 20.6 Å². The Morgan fingerprint density at radius 3 is 2.08 bits per heavy atom. The van der Waals surface area contributed by atoms with Gasteiger partial charge in [-0.3, -0.25) is 5.32 Å². The molecule has 0 bridgehead atoms. The first-order chi connectivity index (χ1) is 11.8. The van der Waals surface area contributed by atoms with E-state index in [1.165, 1.54) is 18.2 Å². The summed E-state index contributed by atoms with van der Waals surface area (Å²) in [4.78, 5) is 23.4. The van der Waals surface area contributed by atoms with Gasteiger partial charge in [0.15, 0.2) is 0 Å². The molecule has 0 saturated heterocycles. The summed E-state index contributed by atoms with van der Waals surface area (Å²) in [7, 11) is 0. The Morgan fingerprint density at radius 1 is 1.00 bits per heavy atom. The fraction of sp³-hybridized carbons (Fsp3) is 0.0588. The van der Waals surface area contributed by atoms with Crippen LogP contribution in [0.15, 0.2) is 49.0 Å². The van der Waals surface area contributed by atoms with Crippen LogP contribution in [0.1, 0.15) is 5.56 Å². The second kappa shape index (κ2) is 8.25. The van der Waals surface area contributed by atoms with E-state index < -0.39 is 18.2 Å². The minimum atomic E-state index is -1.57. The highest BCUT2D eigenvalue weighted by atomic mass is 35.5. The van der Waals surface area contributed by atoms with Crippen molar-refractivity contribution < 1.29 is 19.4 Å². The molecule has 1 unspecified atom stereocenters. The van der Waals surface area contributed by atoms with Crippen LogP contribution >= 0.6 is 34.8 Å². The number of anilines is 1. The fourth-order valence-corrected chi connectivity index (χ4v) is 2.62. The number of halogens is 3. The summed E-state index contributed by atoms with van der Waals surface area (Å²) in [5, 5.41) is 12.8. The van der Waals surface area contributed by atoms with Crippen LogP contribution in [0.5, 0.6) is 0 Å². The number of benzene rings is 2. The van der Waals surface area contributed by atoms with Crippen LogP contribution in [0.2, 0.25) is 15.1 Å². The Balaban J connectivity index is 2.12. The van der Waals surface area contributed by atoms with Crippen LogP contribution < -0.4 is 5.32 Å². The quantitative estimate of drug-likeness (QED) is 0.708. The topological polar surface area (TPSA) is 75.6 Å². The molecule has 0 aliphatic heterocycles. The predicted molar refractivity (Wildman–Crippen MR) is 98.5 cm³/mol. The third-order valence-electron chi connectivity index (χ3n) is 3.09. The first-order valence-corrected chi connectivity index (χ1v) is 8.01. The van der Waals surface area contributed by atoms with E-state index >= 15 is 0 Å². The molecule has 0 spiro atoms. The molecule has 0 saturated carbocycles. The van der Waals surface area contributed by atoms with Crippen LogP contribution in [0, 0.1) is 0 Å². The fourth-order valence-electron chi connectivity index (χ4n) is 1.97. The van der Waals surface area contributed by atoms with Crippen molar-refractivity contribution >= 4 is 58.1 Å². The van der Waals surface area contributed by atoms with Crippen LogP contribution in [-0.4, -0.2) is 23.3 Å². The number of carboxylic acids is 1. The normalized spacial score (nSPS) is 11.5. The Morgan fingerprint density at radius 2 is 1.56 bits per heavy atom. The molecule has 0 fully saturated rings. The Bertz CT molecular complexity index is 801. The third kappa shape index (κ3) is 5.39. The summed E-state index contributed by atoms with van der Waals surface area (Å²) in [6.07, 6.45) is -2.56. The van der Waals surface area contributed by atoms with E-state index in [4.69, 9.17) is 39.5 Å². The van der Waals surface area contributed by atoms with Gasteiger partial charge in [0.05, 0.1) is 0 Å². The largest absolute Gasteiger partial charge is 0.478 e. The summed E-state index contributed by atoms with van der Waals surface area (Å²) in [6, 6.07) is 10.7. The van der Waals surface area contributed by atoms with E-state index in [0.717, 1.165) is 0 Å². The average molecular weight is 401 g/mol. The number of ether oxygens (including phenoxy) is 1. The van der Waals surface area contributed by atoms with Gasteiger partial charge in [0, 0.05) is 26.3 Å². The second-order valence-corrected chi connectivity index (χ2v) is 6.25. The molecular weight excluding hydrogens is 389 g/mol. The van der Waals surface area contributed by atoms with Gasteiger partial charge in [0.25, 0.3) is 0 Å². The maximum absolute atomic E-state index is 12.0. The summed E-state index contributed by atoms with van der Waals surface area (Å²) in [5.74, 6) is -1.36. The number of nitrogens with one attached hydrogen (secondary N) is 1. The lowest BCUT2D eigenvalue weighted by molar-refractivity contribution is -0.143. The van der Waals surface area contributed by atoms with Gasteiger partial charge in [-0.2, -0.15) is 0 Å². The third-order valence-corrected chi connectivity index (χ3v) is 3.78. The Hall–Kier alpha value is -2.21. The highest BCUT2D eigenvalue weighted by Crippen LogP contribution is 2.24. The van der Waals surface area contributed by atoms with Gasteiger partial charge in [0.2, 0.25) is 6.10 Å². The van der Waals surface area contributed by atoms with E-state index in [2.05, 4.69) is 11.9 Å².